The average Bonchev–Trinajstić information content (AvgIpc) is 2.71. The van der Waals surface area contributed by atoms with E-state index in [2.05, 4.69) is 15.9 Å². The Bertz CT molecular complexity index is 407. The Labute approximate surface area is 88.5 Å². The van der Waals surface area contributed by atoms with Crippen LogP contribution in [0.1, 0.15) is 4.88 Å². The fraction of sp³-hybridized carbons (Fsp3) is 0.111. The predicted octanol–water partition coefficient (Wildman–Crippen LogP) is 3.23. The molecule has 0 spiro atoms. The Morgan fingerprint density at radius 2 is 2.23 bits per heavy atom. The van der Waals surface area contributed by atoms with Crippen molar-refractivity contribution in [3.05, 3.63) is 33.8 Å². The smallest absolute Gasteiger partial charge is 0.157 e. The van der Waals surface area contributed by atoms with Gasteiger partial charge < -0.3 is 10.2 Å². The number of furan rings is 1. The molecule has 68 valence electrons. The van der Waals surface area contributed by atoms with Gasteiger partial charge in [-0.15, -0.1) is 11.3 Å². The van der Waals surface area contributed by atoms with E-state index in [1.54, 1.807) is 17.6 Å². The first-order valence-electron chi connectivity index (χ1n) is 3.83. The van der Waals surface area contributed by atoms with Crippen molar-refractivity contribution in [1.82, 2.24) is 0 Å². The third-order valence-corrected chi connectivity index (χ3v) is 3.43. The molecule has 0 unspecified atom stereocenters. The Morgan fingerprint density at radius 3 is 2.77 bits per heavy atom. The lowest BCUT2D eigenvalue weighted by molar-refractivity contribution is 0.582. The molecule has 0 aromatic carbocycles. The Balaban J connectivity index is 2.41. The normalized spacial score (nSPS) is 10.6. The molecule has 0 aliphatic rings. The second-order valence-corrected chi connectivity index (χ2v) is 4.59. The third kappa shape index (κ3) is 1.70. The quantitative estimate of drug-likeness (QED) is 0.898. The molecule has 2 aromatic rings. The van der Waals surface area contributed by atoms with E-state index in [0.717, 1.165) is 15.1 Å². The van der Waals surface area contributed by atoms with Crippen LogP contribution in [-0.2, 0) is 6.54 Å². The van der Waals surface area contributed by atoms with Gasteiger partial charge in [-0.2, -0.15) is 0 Å². The summed E-state index contributed by atoms with van der Waals surface area (Å²) in [5.41, 5.74) is 5.52. The zero-order valence-electron chi connectivity index (χ0n) is 6.79. The summed E-state index contributed by atoms with van der Waals surface area (Å²) in [5.74, 6) is 0.879. The number of nitrogens with two attached hydrogens (primary N) is 1. The summed E-state index contributed by atoms with van der Waals surface area (Å²) in [4.78, 5) is 2.27. The molecule has 0 aliphatic heterocycles. The van der Waals surface area contributed by atoms with E-state index in [1.165, 1.54) is 4.88 Å². The van der Waals surface area contributed by atoms with Gasteiger partial charge in [0.25, 0.3) is 0 Å². The third-order valence-electron chi connectivity index (χ3n) is 1.70. The number of halogens is 1. The number of hydrogen-bond donors (Lipinski definition) is 1. The van der Waals surface area contributed by atoms with E-state index in [-0.39, 0.29) is 0 Å². The van der Waals surface area contributed by atoms with Crippen LogP contribution in [0.5, 0.6) is 0 Å². The lowest BCUT2D eigenvalue weighted by Gasteiger charge is -1.90. The first-order chi connectivity index (χ1) is 6.31. The van der Waals surface area contributed by atoms with Crippen molar-refractivity contribution in [1.29, 1.82) is 0 Å². The van der Waals surface area contributed by atoms with E-state index in [9.17, 15) is 0 Å². The van der Waals surface area contributed by atoms with Crippen LogP contribution in [0, 0.1) is 0 Å². The number of hydrogen-bond acceptors (Lipinski definition) is 3. The second-order valence-electron chi connectivity index (χ2n) is 2.57. The Kier molecular flexibility index (Phi) is 2.53. The van der Waals surface area contributed by atoms with Gasteiger partial charge in [-0.1, -0.05) is 0 Å². The van der Waals surface area contributed by atoms with Crippen molar-refractivity contribution in [2.75, 3.05) is 0 Å². The van der Waals surface area contributed by atoms with Crippen molar-refractivity contribution in [2.24, 2.45) is 5.73 Å². The van der Waals surface area contributed by atoms with Crippen LogP contribution in [0.3, 0.4) is 0 Å². The molecule has 2 aromatic heterocycles. The molecular formula is C9H8BrNOS. The highest BCUT2D eigenvalue weighted by atomic mass is 79.9. The first-order valence-corrected chi connectivity index (χ1v) is 5.44. The molecule has 0 atom stereocenters. The maximum atomic E-state index is 5.52. The minimum atomic E-state index is 0.586. The van der Waals surface area contributed by atoms with Crippen molar-refractivity contribution in [3.8, 4) is 10.6 Å². The van der Waals surface area contributed by atoms with E-state index >= 15 is 0 Å². The van der Waals surface area contributed by atoms with Gasteiger partial charge in [-0.25, -0.2) is 0 Å². The zero-order valence-corrected chi connectivity index (χ0v) is 9.19. The SMILES string of the molecule is NCc1ccc(-c2occc2Br)s1. The Morgan fingerprint density at radius 1 is 1.38 bits per heavy atom. The molecule has 0 amide bonds. The van der Waals surface area contributed by atoms with Crippen LogP contribution >= 0.6 is 27.3 Å². The van der Waals surface area contributed by atoms with E-state index in [4.69, 9.17) is 10.2 Å². The summed E-state index contributed by atoms with van der Waals surface area (Å²) >= 11 is 5.07. The lowest BCUT2D eigenvalue weighted by atomic mass is 10.3. The summed E-state index contributed by atoms with van der Waals surface area (Å²) in [6.07, 6.45) is 1.67. The highest BCUT2D eigenvalue weighted by Crippen LogP contribution is 2.33. The van der Waals surface area contributed by atoms with Crippen LogP contribution in [-0.4, -0.2) is 0 Å². The maximum absolute atomic E-state index is 5.52. The number of rotatable bonds is 2. The molecule has 2 N–H and O–H groups in total. The summed E-state index contributed by atoms with van der Waals surface area (Å²) < 4.78 is 6.32. The van der Waals surface area contributed by atoms with Crippen LogP contribution in [0.4, 0.5) is 0 Å². The maximum Gasteiger partial charge on any atom is 0.157 e. The van der Waals surface area contributed by atoms with E-state index in [1.807, 2.05) is 18.2 Å². The van der Waals surface area contributed by atoms with Gasteiger partial charge in [0.15, 0.2) is 5.76 Å². The highest BCUT2D eigenvalue weighted by Gasteiger charge is 2.08. The van der Waals surface area contributed by atoms with Crippen LogP contribution in [0.15, 0.2) is 33.4 Å². The molecule has 2 rings (SSSR count). The molecule has 0 aliphatic carbocycles. The lowest BCUT2D eigenvalue weighted by Crippen LogP contribution is -1.90. The van der Waals surface area contributed by atoms with E-state index < -0.39 is 0 Å². The molecule has 0 saturated carbocycles. The first kappa shape index (κ1) is 8.99. The van der Waals surface area contributed by atoms with Gasteiger partial charge in [-0.05, 0) is 34.1 Å². The van der Waals surface area contributed by atoms with Gasteiger partial charge in [0.05, 0.1) is 15.6 Å². The molecule has 0 fully saturated rings. The standard InChI is InChI=1S/C9H8BrNOS/c10-7-3-4-12-9(7)8-2-1-6(5-11)13-8/h1-4H,5,11H2. The second kappa shape index (κ2) is 3.65. The molecule has 0 bridgehead atoms. The monoisotopic (exact) mass is 257 g/mol. The fourth-order valence-electron chi connectivity index (χ4n) is 1.08. The minimum Gasteiger partial charge on any atom is -0.462 e. The fourth-order valence-corrected chi connectivity index (χ4v) is 2.51. The van der Waals surface area contributed by atoms with Gasteiger partial charge >= 0.3 is 0 Å². The average molecular weight is 258 g/mol. The van der Waals surface area contributed by atoms with Gasteiger partial charge in [0, 0.05) is 11.4 Å². The topological polar surface area (TPSA) is 39.2 Å². The summed E-state index contributed by atoms with van der Waals surface area (Å²) in [5, 5.41) is 0. The minimum absolute atomic E-state index is 0.586. The molecule has 2 nitrogen and oxygen atoms in total. The Hall–Kier alpha value is -0.580. The summed E-state index contributed by atoms with van der Waals surface area (Å²) in [7, 11) is 0. The summed E-state index contributed by atoms with van der Waals surface area (Å²) in [6, 6.07) is 5.93. The molecule has 0 radical (unpaired) electrons. The van der Waals surface area contributed by atoms with Crippen molar-refractivity contribution >= 4 is 27.3 Å². The molecule has 0 saturated heterocycles. The summed E-state index contributed by atoms with van der Waals surface area (Å²) in [6.45, 7) is 0.586. The molecule has 13 heavy (non-hydrogen) atoms. The molecular weight excluding hydrogens is 250 g/mol. The van der Waals surface area contributed by atoms with Crippen molar-refractivity contribution in [2.45, 2.75) is 6.54 Å². The molecule has 4 heteroatoms. The van der Waals surface area contributed by atoms with Crippen LogP contribution in [0.25, 0.3) is 10.6 Å². The van der Waals surface area contributed by atoms with Crippen LogP contribution in [0.2, 0.25) is 0 Å². The predicted molar refractivity (Wildman–Crippen MR) is 57.6 cm³/mol. The van der Waals surface area contributed by atoms with Crippen LogP contribution < -0.4 is 5.73 Å². The zero-order chi connectivity index (χ0) is 9.26. The van der Waals surface area contributed by atoms with Crippen molar-refractivity contribution < 1.29 is 4.42 Å². The number of thiophene rings is 1. The molecule has 2 heterocycles. The van der Waals surface area contributed by atoms with Gasteiger partial charge in [0.2, 0.25) is 0 Å². The highest BCUT2D eigenvalue weighted by molar-refractivity contribution is 9.10. The van der Waals surface area contributed by atoms with Crippen molar-refractivity contribution in [3.63, 3.8) is 0 Å². The largest absolute Gasteiger partial charge is 0.462 e. The van der Waals surface area contributed by atoms with Gasteiger partial charge in [0.1, 0.15) is 0 Å². The van der Waals surface area contributed by atoms with E-state index in [0.29, 0.717) is 6.54 Å². The van der Waals surface area contributed by atoms with Gasteiger partial charge in [-0.3, -0.25) is 0 Å².